The zero-order chi connectivity index (χ0) is 22.4. The molecule has 5 atom stereocenters. The van der Waals surface area contributed by atoms with Crippen molar-refractivity contribution in [2.45, 2.75) is 66.0 Å². The first-order chi connectivity index (χ1) is 14.6. The highest BCUT2D eigenvalue weighted by Crippen LogP contribution is 2.61. The lowest BCUT2D eigenvalue weighted by Gasteiger charge is -2.60. The van der Waals surface area contributed by atoms with Gasteiger partial charge in [0, 0.05) is 42.0 Å². The molecule has 168 valence electrons. The molecule has 6 nitrogen and oxygen atoms in total. The van der Waals surface area contributed by atoms with Gasteiger partial charge in [-0.1, -0.05) is 34.1 Å². The van der Waals surface area contributed by atoms with Gasteiger partial charge in [-0.15, -0.1) is 0 Å². The van der Waals surface area contributed by atoms with Crippen molar-refractivity contribution in [3.63, 3.8) is 0 Å². The summed E-state index contributed by atoms with van der Waals surface area (Å²) in [5.74, 6) is 0.209. The largest absolute Gasteiger partial charge is 0.508 e. The van der Waals surface area contributed by atoms with Gasteiger partial charge in [-0.2, -0.15) is 0 Å². The Kier molecular flexibility index (Phi) is 5.63. The number of aromatic hydroxyl groups is 2. The van der Waals surface area contributed by atoms with Crippen molar-refractivity contribution in [3.05, 3.63) is 42.0 Å². The predicted molar refractivity (Wildman–Crippen MR) is 120 cm³/mol. The molecule has 4 N–H and O–H groups in total. The minimum Gasteiger partial charge on any atom is -0.508 e. The third-order valence-electron chi connectivity index (χ3n) is 8.22. The van der Waals surface area contributed by atoms with Crippen molar-refractivity contribution in [2.75, 3.05) is 0 Å². The number of aromatic amines is 1. The number of carbonyl (C=O) groups excluding carboxylic acids is 1. The Hall–Kier alpha value is -2.34. The molecule has 0 amide bonds. The summed E-state index contributed by atoms with van der Waals surface area (Å²) in [6, 6.07) is 4.44. The van der Waals surface area contributed by atoms with Crippen LogP contribution in [0.5, 0.6) is 11.5 Å². The van der Waals surface area contributed by atoms with Gasteiger partial charge in [0.25, 0.3) is 0 Å². The average Bonchev–Trinajstić information content (AvgIpc) is 3.19. The molecule has 0 spiro atoms. The van der Waals surface area contributed by atoms with Crippen molar-refractivity contribution in [2.24, 2.45) is 28.6 Å². The molecule has 2 fully saturated rings. The van der Waals surface area contributed by atoms with Gasteiger partial charge < -0.3 is 20.5 Å². The molecule has 2 aliphatic carbocycles. The summed E-state index contributed by atoms with van der Waals surface area (Å²) in [4.78, 5) is 21.2. The van der Waals surface area contributed by atoms with Crippen LogP contribution in [0, 0.1) is 28.6 Å². The highest BCUT2D eigenvalue weighted by Gasteiger charge is 2.58. The Labute approximate surface area is 184 Å². The highest BCUT2D eigenvalue weighted by molar-refractivity contribution is 5.99. The van der Waals surface area contributed by atoms with E-state index in [0.717, 1.165) is 25.0 Å². The number of nitrogens with one attached hydrogen (secondary N) is 2. The van der Waals surface area contributed by atoms with E-state index in [2.05, 4.69) is 43.0 Å². The van der Waals surface area contributed by atoms with Crippen molar-refractivity contribution >= 4 is 5.78 Å². The number of phenolic OH excluding ortho intramolecular Hbond substituents is 2. The topological polar surface area (TPSA) is 98.2 Å². The standard InChI is InChI=1S/C25H35N3O3/c1-15-20(27-13-17-12-26-14-28-17)11-21-24(2,3)6-5-7-25(21,4)22(15)23(31)16-8-18(29)10-19(30)9-16/h8-10,12,14-15,20-22,27,29-30H,5-7,11,13H2,1-4H3,(H,26,28)/t15-,20-,21+,22-,25-/m1/s1. The van der Waals surface area contributed by atoms with Crippen LogP contribution < -0.4 is 5.32 Å². The lowest BCUT2D eigenvalue weighted by molar-refractivity contribution is -0.0917. The quantitative estimate of drug-likeness (QED) is 0.523. The van der Waals surface area contributed by atoms with Gasteiger partial charge in [-0.05, 0) is 54.1 Å². The number of nitrogens with zero attached hydrogens (tertiary/aromatic N) is 1. The smallest absolute Gasteiger partial charge is 0.167 e. The summed E-state index contributed by atoms with van der Waals surface area (Å²) >= 11 is 0. The van der Waals surface area contributed by atoms with E-state index in [9.17, 15) is 15.0 Å². The van der Waals surface area contributed by atoms with Gasteiger partial charge in [0.05, 0.1) is 6.33 Å². The molecule has 2 aliphatic rings. The second-order valence-electron chi connectivity index (χ2n) is 10.6. The third-order valence-corrected chi connectivity index (χ3v) is 8.22. The number of aromatic nitrogens is 2. The van der Waals surface area contributed by atoms with Crippen LogP contribution >= 0.6 is 0 Å². The maximum absolute atomic E-state index is 13.9. The lowest BCUT2D eigenvalue weighted by Crippen LogP contribution is -2.60. The first kappa shape index (κ1) is 21.9. The Balaban J connectivity index is 1.70. The number of carbonyl (C=O) groups is 1. The lowest BCUT2D eigenvalue weighted by atomic mass is 9.45. The fourth-order valence-corrected chi connectivity index (χ4v) is 6.77. The van der Waals surface area contributed by atoms with E-state index in [0.29, 0.717) is 18.0 Å². The number of fused-ring (bicyclic) bond motifs is 1. The van der Waals surface area contributed by atoms with Crippen molar-refractivity contribution in [1.29, 1.82) is 0 Å². The number of H-pyrrole nitrogens is 1. The number of rotatable bonds is 5. The van der Waals surface area contributed by atoms with Crippen LogP contribution in [0.25, 0.3) is 0 Å². The van der Waals surface area contributed by atoms with Crippen molar-refractivity contribution in [3.8, 4) is 11.5 Å². The molecular formula is C25H35N3O3. The van der Waals surface area contributed by atoms with Gasteiger partial charge in [0.2, 0.25) is 0 Å². The summed E-state index contributed by atoms with van der Waals surface area (Å²) in [5, 5.41) is 23.7. The SMILES string of the molecule is C[C@@H]1[C@H](NCc2cnc[nH]2)C[C@H]2C(C)(C)CCC[C@@]2(C)[C@H]1C(=O)c1cc(O)cc(O)c1. The Morgan fingerprint density at radius 2 is 1.90 bits per heavy atom. The fourth-order valence-electron chi connectivity index (χ4n) is 6.77. The average molecular weight is 426 g/mol. The van der Waals surface area contributed by atoms with E-state index < -0.39 is 0 Å². The zero-order valence-electron chi connectivity index (χ0n) is 19.0. The van der Waals surface area contributed by atoms with Crippen molar-refractivity contribution in [1.82, 2.24) is 15.3 Å². The number of Topliss-reactive ketones (excluding diaryl/α,β-unsaturated/α-hetero) is 1. The second-order valence-corrected chi connectivity index (χ2v) is 10.6. The molecule has 0 aliphatic heterocycles. The third kappa shape index (κ3) is 3.98. The molecule has 4 rings (SSSR count). The van der Waals surface area contributed by atoms with Gasteiger partial charge in [0.15, 0.2) is 5.78 Å². The summed E-state index contributed by atoms with van der Waals surface area (Å²) in [7, 11) is 0. The highest BCUT2D eigenvalue weighted by atomic mass is 16.3. The first-order valence-corrected chi connectivity index (χ1v) is 11.4. The van der Waals surface area contributed by atoms with E-state index in [1.165, 1.54) is 24.6 Å². The molecular weight excluding hydrogens is 390 g/mol. The van der Waals surface area contributed by atoms with Crippen LogP contribution in [-0.4, -0.2) is 32.0 Å². The van der Waals surface area contributed by atoms with Crippen LogP contribution in [0.15, 0.2) is 30.7 Å². The Bertz CT molecular complexity index is 919. The Morgan fingerprint density at radius 1 is 1.19 bits per heavy atom. The second kappa shape index (κ2) is 7.97. The summed E-state index contributed by atoms with van der Waals surface area (Å²) in [6.45, 7) is 9.86. The number of hydrogen-bond donors (Lipinski definition) is 4. The van der Waals surface area contributed by atoms with E-state index in [4.69, 9.17) is 0 Å². The molecule has 1 aromatic carbocycles. The molecule has 2 aromatic rings. The molecule has 6 heteroatoms. The van der Waals surface area contributed by atoms with Gasteiger partial charge >= 0.3 is 0 Å². The number of hydrogen-bond acceptors (Lipinski definition) is 5. The molecule has 1 heterocycles. The van der Waals surface area contributed by atoms with Crippen LogP contribution in [0.1, 0.15) is 69.4 Å². The summed E-state index contributed by atoms with van der Waals surface area (Å²) in [5.41, 5.74) is 1.46. The molecule has 1 aromatic heterocycles. The van der Waals surface area contributed by atoms with Crippen LogP contribution in [0.2, 0.25) is 0 Å². The molecule has 31 heavy (non-hydrogen) atoms. The predicted octanol–water partition coefficient (Wildman–Crippen LogP) is 4.65. The summed E-state index contributed by atoms with van der Waals surface area (Å²) < 4.78 is 0. The maximum atomic E-state index is 13.9. The van der Waals surface area contributed by atoms with Crippen LogP contribution in [-0.2, 0) is 6.54 Å². The van der Waals surface area contributed by atoms with Crippen LogP contribution in [0.4, 0.5) is 0 Å². The first-order valence-electron chi connectivity index (χ1n) is 11.4. The normalized spacial score (nSPS) is 32.4. The van der Waals surface area contributed by atoms with E-state index in [1.807, 2.05) is 6.20 Å². The minimum atomic E-state index is -0.189. The van der Waals surface area contributed by atoms with Crippen molar-refractivity contribution < 1.29 is 15.0 Å². The Morgan fingerprint density at radius 3 is 2.55 bits per heavy atom. The van der Waals surface area contributed by atoms with Gasteiger partial charge in [-0.25, -0.2) is 4.98 Å². The van der Waals surface area contributed by atoms with E-state index in [-0.39, 0.29) is 46.0 Å². The van der Waals surface area contributed by atoms with E-state index >= 15 is 0 Å². The summed E-state index contributed by atoms with van der Waals surface area (Å²) in [6.07, 6.45) is 7.86. The van der Waals surface area contributed by atoms with Crippen LogP contribution in [0.3, 0.4) is 0 Å². The van der Waals surface area contributed by atoms with Gasteiger partial charge in [0.1, 0.15) is 11.5 Å². The number of imidazole rings is 1. The number of ketones is 1. The van der Waals surface area contributed by atoms with E-state index in [1.54, 1.807) is 6.33 Å². The van der Waals surface area contributed by atoms with Gasteiger partial charge in [-0.3, -0.25) is 4.79 Å². The number of benzene rings is 1. The molecule has 0 radical (unpaired) electrons. The maximum Gasteiger partial charge on any atom is 0.167 e. The fraction of sp³-hybridized carbons (Fsp3) is 0.600. The monoisotopic (exact) mass is 425 g/mol. The number of phenols is 2. The zero-order valence-corrected chi connectivity index (χ0v) is 19.0. The molecule has 2 saturated carbocycles. The minimum absolute atomic E-state index is 0.0249. The molecule has 0 unspecified atom stereocenters. The molecule has 0 bridgehead atoms. The molecule has 0 saturated heterocycles.